The van der Waals surface area contributed by atoms with E-state index in [0.29, 0.717) is 28.1 Å². The van der Waals surface area contributed by atoms with Crippen molar-refractivity contribution >= 4 is 22.5 Å². The van der Waals surface area contributed by atoms with Crippen LogP contribution in [0, 0.1) is 6.92 Å². The first-order chi connectivity index (χ1) is 14.1. The predicted molar refractivity (Wildman–Crippen MR) is 112 cm³/mol. The third-order valence-corrected chi connectivity index (χ3v) is 4.39. The maximum Gasteiger partial charge on any atom is 0.261 e. The van der Waals surface area contributed by atoms with Gasteiger partial charge in [0.2, 0.25) is 5.91 Å². The van der Waals surface area contributed by atoms with Crippen LogP contribution in [0.2, 0.25) is 0 Å². The van der Waals surface area contributed by atoms with Gasteiger partial charge in [0.25, 0.3) is 5.56 Å². The first kappa shape index (κ1) is 18.4. The Bertz CT molecular complexity index is 1230. The topological polar surface area (TPSA) is 73.2 Å². The predicted octanol–water partition coefficient (Wildman–Crippen LogP) is 4.14. The number of aryl methyl sites for hydroxylation is 1. The van der Waals surface area contributed by atoms with Crippen molar-refractivity contribution < 1.29 is 9.53 Å². The number of anilines is 1. The van der Waals surface area contributed by atoms with E-state index in [1.54, 1.807) is 30.3 Å². The van der Waals surface area contributed by atoms with Crippen molar-refractivity contribution in [2.75, 3.05) is 5.32 Å². The fourth-order valence-electron chi connectivity index (χ4n) is 3.00. The van der Waals surface area contributed by atoms with Gasteiger partial charge in [0.15, 0.2) is 0 Å². The van der Waals surface area contributed by atoms with Crippen LogP contribution < -0.4 is 15.6 Å². The van der Waals surface area contributed by atoms with Crippen LogP contribution in [-0.4, -0.2) is 15.5 Å². The van der Waals surface area contributed by atoms with Crippen molar-refractivity contribution in [3.8, 4) is 11.5 Å². The van der Waals surface area contributed by atoms with E-state index in [2.05, 4.69) is 10.3 Å². The number of hydrogen-bond donors (Lipinski definition) is 1. The van der Waals surface area contributed by atoms with Crippen LogP contribution in [0.25, 0.3) is 10.9 Å². The monoisotopic (exact) mass is 385 g/mol. The molecule has 0 fully saturated rings. The SMILES string of the molecule is Cc1ccc2ncn(CC(=O)Nc3cccc(Oc4ccccc4)c3)c(=O)c2c1. The van der Waals surface area contributed by atoms with Crippen molar-refractivity contribution in [2.45, 2.75) is 13.5 Å². The van der Waals surface area contributed by atoms with Gasteiger partial charge in [-0.2, -0.15) is 0 Å². The van der Waals surface area contributed by atoms with Crippen LogP contribution in [0.4, 0.5) is 5.69 Å². The number of fused-ring (bicyclic) bond motifs is 1. The summed E-state index contributed by atoms with van der Waals surface area (Å²) in [6.45, 7) is 1.78. The number of aromatic nitrogens is 2. The van der Waals surface area contributed by atoms with Gasteiger partial charge in [-0.05, 0) is 43.3 Å². The normalized spacial score (nSPS) is 10.7. The molecule has 144 valence electrons. The Labute approximate surface area is 167 Å². The third-order valence-electron chi connectivity index (χ3n) is 4.39. The number of amides is 1. The molecule has 0 saturated heterocycles. The van der Waals surface area contributed by atoms with Crippen LogP contribution in [0.5, 0.6) is 11.5 Å². The first-order valence-corrected chi connectivity index (χ1v) is 9.17. The van der Waals surface area contributed by atoms with Crippen LogP contribution >= 0.6 is 0 Å². The van der Waals surface area contributed by atoms with Crippen molar-refractivity contribution in [3.63, 3.8) is 0 Å². The van der Waals surface area contributed by atoms with Gasteiger partial charge >= 0.3 is 0 Å². The first-order valence-electron chi connectivity index (χ1n) is 9.17. The third kappa shape index (κ3) is 4.32. The van der Waals surface area contributed by atoms with Gasteiger partial charge in [-0.15, -0.1) is 0 Å². The van der Waals surface area contributed by atoms with Crippen molar-refractivity contribution in [1.82, 2.24) is 9.55 Å². The molecule has 1 aromatic heterocycles. The summed E-state index contributed by atoms with van der Waals surface area (Å²) in [6.07, 6.45) is 1.40. The Morgan fingerprint density at radius 1 is 1.00 bits per heavy atom. The van der Waals surface area contributed by atoms with Crippen molar-refractivity contribution in [1.29, 1.82) is 0 Å². The van der Waals surface area contributed by atoms with Gasteiger partial charge in [-0.25, -0.2) is 4.98 Å². The molecule has 1 amide bonds. The lowest BCUT2D eigenvalue weighted by Gasteiger charge is -2.10. The molecule has 0 atom stereocenters. The quantitative estimate of drug-likeness (QED) is 0.560. The number of carbonyl (C=O) groups is 1. The minimum Gasteiger partial charge on any atom is -0.457 e. The van der Waals surface area contributed by atoms with E-state index in [4.69, 9.17) is 4.74 Å². The summed E-state index contributed by atoms with van der Waals surface area (Å²) in [5.41, 5.74) is 1.92. The summed E-state index contributed by atoms with van der Waals surface area (Å²) in [6, 6.07) is 22.0. The lowest BCUT2D eigenvalue weighted by atomic mass is 10.2. The Morgan fingerprint density at radius 2 is 1.79 bits per heavy atom. The van der Waals surface area contributed by atoms with Gasteiger partial charge in [-0.1, -0.05) is 35.9 Å². The largest absolute Gasteiger partial charge is 0.457 e. The Hall–Kier alpha value is -3.93. The molecule has 0 saturated carbocycles. The smallest absolute Gasteiger partial charge is 0.261 e. The molecule has 0 aliphatic rings. The van der Waals surface area contributed by atoms with Crippen molar-refractivity contribution in [3.05, 3.63) is 95.0 Å². The summed E-state index contributed by atoms with van der Waals surface area (Å²) in [5.74, 6) is 0.992. The highest BCUT2D eigenvalue weighted by atomic mass is 16.5. The molecule has 0 bridgehead atoms. The number of carbonyl (C=O) groups excluding carboxylic acids is 1. The number of benzene rings is 3. The molecule has 6 nitrogen and oxygen atoms in total. The number of nitrogens with zero attached hydrogens (tertiary/aromatic N) is 2. The van der Waals surface area contributed by atoms with E-state index < -0.39 is 0 Å². The molecular formula is C23H19N3O3. The van der Waals surface area contributed by atoms with Crippen LogP contribution in [-0.2, 0) is 11.3 Å². The number of rotatable bonds is 5. The average Bonchev–Trinajstić information content (AvgIpc) is 2.71. The van der Waals surface area contributed by atoms with E-state index in [-0.39, 0.29) is 18.0 Å². The molecular weight excluding hydrogens is 366 g/mol. The summed E-state index contributed by atoms with van der Waals surface area (Å²) in [4.78, 5) is 29.4. The maximum atomic E-state index is 12.6. The molecule has 0 radical (unpaired) electrons. The average molecular weight is 385 g/mol. The van der Waals surface area contributed by atoms with Gasteiger partial charge in [0.05, 0.1) is 17.2 Å². The van der Waals surface area contributed by atoms with E-state index in [1.165, 1.54) is 10.9 Å². The van der Waals surface area contributed by atoms with E-state index >= 15 is 0 Å². The summed E-state index contributed by atoms with van der Waals surface area (Å²) in [7, 11) is 0. The summed E-state index contributed by atoms with van der Waals surface area (Å²) < 4.78 is 7.09. The van der Waals surface area contributed by atoms with Crippen LogP contribution in [0.15, 0.2) is 83.9 Å². The fourth-order valence-corrected chi connectivity index (χ4v) is 3.00. The van der Waals surface area contributed by atoms with E-state index in [9.17, 15) is 9.59 Å². The Kier molecular flexibility index (Phi) is 5.07. The van der Waals surface area contributed by atoms with Crippen LogP contribution in [0.3, 0.4) is 0 Å². The van der Waals surface area contributed by atoms with Crippen LogP contribution in [0.1, 0.15) is 5.56 Å². The number of nitrogens with one attached hydrogen (secondary N) is 1. The highest BCUT2D eigenvalue weighted by Crippen LogP contribution is 2.23. The minimum absolute atomic E-state index is 0.126. The molecule has 1 heterocycles. The maximum absolute atomic E-state index is 12.6. The standard InChI is InChI=1S/C23H19N3O3/c1-16-10-11-21-20(12-16)23(28)26(15-24-21)14-22(27)25-17-6-5-9-19(13-17)29-18-7-3-2-4-8-18/h2-13,15H,14H2,1H3,(H,25,27). The van der Waals surface area contributed by atoms with E-state index in [1.807, 2.05) is 49.4 Å². The second kappa shape index (κ2) is 7.98. The zero-order valence-electron chi connectivity index (χ0n) is 15.8. The lowest BCUT2D eigenvalue weighted by Crippen LogP contribution is -2.27. The Balaban J connectivity index is 1.49. The molecule has 0 spiro atoms. The molecule has 3 aromatic carbocycles. The highest BCUT2D eigenvalue weighted by molar-refractivity contribution is 5.91. The molecule has 1 N–H and O–H groups in total. The second-order valence-electron chi connectivity index (χ2n) is 6.69. The lowest BCUT2D eigenvalue weighted by molar-refractivity contribution is -0.116. The second-order valence-corrected chi connectivity index (χ2v) is 6.69. The zero-order chi connectivity index (χ0) is 20.2. The number of para-hydroxylation sites is 1. The number of ether oxygens (including phenoxy) is 1. The molecule has 0 unspecified atom stereocenters. The van der Waals surface area contributed by atoms with Gasteiger partial charge < -0.3 is 10.1 Å². The molecule has 4 aromatic rings. The highest BCUT2D eigenvalue weighted by Gasteiger charge is 2.09. The molecule has 29 heavy (non-hydrogen) atoms. The summed E-state index contributed by atoms with van der Waals surface area (Å²) >= 11 is 0. The molecule has 0 aliphatic carbocycles. The number of hydrogen-bond acceptors (Lipinski definition) is 4. The van der Waals surface area contributed by atoms with E-state index in [0.717, 1.165) is 5.56 Å². The van der Waals surface area contributed by atoms with Crippen molar-refractivity contribution in [2.24, 2.45) is 0 Å². The molecule has 6 heteroatoms. The van der Waals surface area contributed by atoms with Gasteiger partial charge in [0, 0.05) is 11.8 Å². The molecule has 4 rings (SSSR count). The summed E-state index contributed by atoms with van der Waals surface area (Å²) in [5, 5.41) is 3.30. The van der Waals surface area contributed by atoms with Gasteiger partial charge in [0.1, 0.15) is 18.0 Å². The minimum atomic E-state index is -0.322. The zero-order valence-corrected chi connectivity index (χ0v) is 15.8. The van der Waals surface area contributed by atoms with Gasteiger partial charge in [-0.3, -0.25) is 14.2 Å². The Morgan fingerprint density at radius 3 is 2.62 bits per heavy atom. The molecule has 0 aliphatic heterocycles. The fraction of sp³-hybridized carbons (Fsp3) is 0.0870.